The summed E-state index contributed by atoms with van der Waals surface area (Å²) in [5.41, 5.74) is 0.821. The molecule has 0 amide bonds. The number of carboxylic acids is 1. The van der Waals surface area contributed by atoms with Gasteiger partial charge in [0.1, 0.15) is 0 Å². The summed E-state index contributed by atoms with van der Waals surface area (Å²) in [4.78, 5) is 11.0. The molecule has 0 rings (SSSR count). The fourth-order valence-electron chi connectivity index (χ4n) is 1.75. The number of unbranched alkanes of at least 4 members (excludes halogenated alkanes) is 2. The van der Waals surface area contributed by atoms with Gasteiger partial charge in [-0.2, -0.15) is 0 Å². The first-order chi connectivity index (χ1) is 9.34. The van der Waals surface area contributed by atoms with Crippen LogP contribution < -0.4 is 0 Å². The molecule has 0 unspecified atom stereocenters. The highest BCUT2D eigenvalue weighted by atomic mass is 16.4. The predicted octanol–water partition coefficient (Wildman–Crippen LogP) is 5.29. The zero-order chi connectivity index (χ0) is 15.6. The molecule has 0 spiro atoms. The maximum Gasteiger partial charge on any atom is 0.331 e. The number of hydrogen-bond donors (Lipinski definition) is 1. The molecule has 0 bridgehead atoms. The number of aliphatic carboxylic acids is 1. The number of carbonyl (C=O) groups is 1. The van der Waals surface area contributed by atoms with E-state index in [0.717, 1.165) is 31.3 Å². The van der Waals surface area contributed by atoms with Gasteiger partial charge in [-0.3, -0.25) is 0 Å². The van der Waals surface area contributed by atoms with E-state index in [1.54, 1.807) is 0 Å². The van der Waals surface area contributed by atoms with Crippen LogP contribution in [0.3, 0.4) is 0 Å². The highest BCUT2D eigenvalue weighted by Crippen LogP contribution is 2.33. The number of hydrogen-bond acceptors (Lipinski definition) is 1. The molecular weight excluding hydrogens is 248 g/mol. The first-order valence-corrected chi connectivity index (χ1v) is 7.20. The Bertz CT molecular complexity index is 409. The summed E-state index contributed by atoms with van der Waals surface area (Å²) >= 11 is 0. The Hall–Kier alpha value is -1.57. The SMILES string of the molecule is C=C(C(=O)O)C(C)(C)/C(C)=C/CC/C=C/CC/C=C/C. The molecule has 1 N–H and O–H groups in total. The summed E-state index contributed by atoms with van der Waals surface area (Å²) in [6.07, 6.45) is 14.8. The summed E-state index contributed by atoms with van der Waals surface area (Å²) in [5, 5.41) is 9.04. The summed E-state index contributed by atoms with van der Waals surface area (Å²) in [7, 11) is 0. The van der Waals surface area contributed by atoms with Crippen LogP contribution in [-0.2, 0) is 4.79 Å². The Balaban J connectivity index is 4.26. The molecule has 0 atom stereocenters. The van der Waals surface area contributed by atoms with E-state index < -0.39 is 11.4 Å². The molecule has 0 aliphatic carbocycles. The first kappa shape index (κ1) is 18.4. The van der Waals surface area contributed by atoms with Crippen LogP contribution in [0.15, 0.2) is 48.1 Å². The molecule has 0 saturated heterocycles. The van der Waals surface area contributed by atoms with Crippen molar-refractivity contribution in [3.63, 3.8) is 0 Å². The molecule has 2 nitrogen and oxygen atoms in total. The van der Waals surface area contributed by atoms with Crippen LogP contribution in [0.4, 0.5) is 0 Å². The fourth-order valence-corrected chi connectivity index (χ4v) is 1.75. The van der Waals surface area contributed by atoms with Gasteiger partial charge in [0.15, 0.2) is 0 Å². The average molecular weight is 276 g/mol. The molecule has 2 heteroatoms. The largest absolute Gasteiger partial charge is 0.478 e. The van der Waals surface area contributed by atoms with Crippen LogP contribution in [-0.4, -0.2) is 11.1 Å². The second-order valence-corrected chi connectivity index (χ2v) is 5.49. The Kier molecular flexibility index (Phi) is 8.62. The number of allylic oxidation sites excluding steroid dienone is 6. The van der Waals surface area contributed by atoms with Gasteiger partial charge in [-0.1, -0.05) is 56.4 Å². The van der Waals surface area contributed by atoms with Crippen molar-refractivity contribution in [3.8, 4) is 0 Å². The molecule has 0 aliphatic heterocycles. The van der Waals surface area contributed by atoms with Crippen molar-refractivity contribution < 1.29 is 9.90 Å². The van der Waals surface area contributed by atoms with E-state index in [-0.39, 0.29) is 5.57 Å². The third-order valence-electron chi connectivity index (χ3n) is 3.68. The minimum atomic E-state index is -0.924. The van der Waals surface area contributed by atoms with Crippen LogP contribution in [0.5, 0.6) is 0 Å². The van der Waals surface area contributed by atoms with E-state index in [2.05, 4.69) is 37.0 Å². The second-order valence-electron chi connectivity index (χ2n) is 5.49. The Morgan fingerprint density at radius 2 is 1.60 bits per heavy atom. The normalized spacial score (nSPS) is 13.3. The lowest BCUT2D eigenvalue weighted by Gasteiger charge is -2.26. The second kappa shape index (κ2) is 9.35. The molecule has 0 aliphatic rings. The van der Waals surface area contributed by atoms with Gasteiger partial charge in [0.2, 0.25) is 0 Å². The van der Waals surface area contributed by atoms with Gasteiger partial charge in [0.25, 0.3) is 0 Å². The van der Waals surface area contributed by atoms with E-state index in [4.69, 9.17) is 5.11 Å². The minimum absolute atomic E-state index is 0.244. The quantitative estimate of drug-likeness (QED) is 0.353. The summed E-state index contributed by atoms with van der Waals surface area (Å²) in [6.45, 7) is 11.5. The summed E-state index contributed by atoms with van der Waals surface area (Å²) < 4.78 is 0. The van der Waals surface area contributed by atoms with Gasteiger partial charge in [-0.25, -0.2) is 4.79 Å². The van der Waals surface area contributed by atoms with Crippen LogP contribution in [0.1, 0.15) is 53.4 Å². The molecule has 0 aromatic carbocycles. The van der Waals surface area contributed by atoms with Crippen molar-refractivity contribution in [1.29, 1.82) is 0 Å². The van der Waals surface area contributed by atoms with Crippen molar-refractivity contribution in [2.24, 2.45) is 5.41 Å². The van der Waals surface area contributed by atoms with E-state index >= 15 is 0 Å². The van der Waals surface area contributed by atoms with Gasteiger partial charge in [0.05, 0.1) is 0 Å². The third-order valence-corrected chi connectivity index (χ3v) is 3.68. The average Bonchev–Trinajstić information content (AvgIpc) is 2.40. The molecule has 20 heavy (non-hydrogen) atoms. The number of rotatable bonds is 9. The van der Waals surface area contributed by atoms with Gasteiger partial charge >= 0.3 is 5.97 Å². The third kappa shape index (κ3) is 6.55. The lowest BCUT2D eigenvalue weighted by Crippen LogP contribution is -2.21. The van der Waals surface area contributed by atoms with Crippen LogP contribution in [0, 0.1) is 5.41 Å². The predicted molar refractivity (Wildman–Crippen MR) is 86.7 cm³/mol. The van der Waals surface area contributed by atoms with E-state index in [9.17, 15) is 4.79 Å². The van der Waals surface area contributed by atoms with Crippen LogP contribution >= 0.6 is 0 Å². The maximum atomic E-state index is 11.0. The molecule has 0 radical (unpaired) electrons. The molecule has 112 valence electrons. The maximum absolute atomic E-state index is 11.0. The lowest BCUT2D eigenvalue weighted by atomic mass is 9.78. The fraction of sp³-hybridized carbons (Fsp3) is 0.500. The summed E-state index contributed by atoms with van der Waals surface area (Å²) in [5.74, 6) is -0.924. The zero-order valence-electron chi connectivity index (χ0n) is 13.3. The standard InChI is InChI=1S/C18H28O2/c1-6-7-8-9-10-11-12-13-14-15(2)18(4,5)16(3)17(19)20/h6-7,10-11,14H,3,8-9,12-13H2,1-2,4-5H3,(H,19,20)/b7-6+,11-10+,15-14+. The Morgan fingerprint density at radius 1 is 1.10 bits per heavy atom. The summed E-state index contributed by atoms with van der Waals surface area (Å²) in [6, 6.07) is 0. The Labute approximate surface area is 123 Å². The molecule has 0 aromatic heterocycles. The molecule has 0 saturated carbocycles. The minimum Gasteiger partial charge on any atom is -0.478 e. The lowest BCUT2D eigenvalue weighted by molar-refractivity contribution is -0.133. The van der Waals surface area contributed by atoms with Crippen LogP contribution in [0.2, 0.25) is 0 Å². The molecule has 0 heterocycles. The van der Waals surface area contributed by atoms with Crippen molar-refractivity contribution >= 4 is 5.97 Å². The van der Waals surface area contributed by atoms with Gasteiger partial charge in [-0.15, -0.1) is 0 Å². The van der Waals surface area contributed by atoms with Gasteiger partial charge in [0, 0.05) is 11.0 Å². The molecule has 0 fully saturated rings. The van der Waals surface area contributed by atoms with E-state index in [0.29, 0.717) is 0 Å². The van der Waals surface area contributed by atoms with Crippen molar-refractivity contribution in [1.82, 2.24) is 0 Å². The highest BCUT2D eigenvalue weighted by Gasteiger charge is 2.28. The number of carboxylic acid groups (broad SMARTS) is 1. The zero-order valence-corrected chi connectivity index (χ0v) is 13.3. The smallest absolute Gasteiger partial charge is 0.331 e. The Morgan fingerprint density at radius 3 is 2.10 bits per heavy atom. The topological polar surface area (TPSA) is 37.3 Å². The van der Waals surface area contributed by atoms with Crippen molar-refractivity contribution in [2.75, 3.05) is 0 Å². The van der Waals surface area contributed by atoms with Crippen molar-refractivity contribution in [2.45, 2.75) is 53.4 Å². The van der Waals surface area contributed by atoms with E-state index in [1.807, 2.05) is 27.7 Å². The van der Waals surface area contributed by atoms with Crippen LogP contribution in [0.25, 0.3) is 0 Å². The van der Waals surface area contributed by atoms with E-state index in [1.165, 1.54) is 0 Å². The first-order valence-electron chi connectivity index (χ1n) is 7.20. The molecular formula is C18H28O2. The molecule has 0 aromatic rings. The monoisotopic (exact) mass is 276 g/mol. The van der Waals surface area contributed by atoms with Crippen molar-refractivity contribution in [3.05, 3.63) is 48.1 Å². The highest BCUT2D eigenvalue weighted by molar-refractivity contribution is 5.88. The van der Waals surface area contributed by atoms with Gasteiger partial charge in [-0.05, 0) is 39.5 Å². The van der Waals surface area contributed by atoms with Gasteiger partial charge < -0.3 is 5.11 Å².